The zero-order valence-corrected chi connectivity index (χ0v) is 9.13. The summed E-state index contributed by atoms with van der Waals surface area (Å²) in [6.07, 6.45) is -1.43. The Morgan fingerprint density at radius 1 is 1.13 bits per heavy atom. The highest BCUT2D eigenvalue weighted by molar-refractivity contribution is 5.25. The molecule has 0 aliphatic heterocycles. The van der Waals surface area contributed by atoms with Gasteiger partial charge in [0.2, 0.25) is 0 Å². The van der Waals surface area contributed by atoms with Gasteiger partial charge in [0.1, 0.15) is 0 Å². The van der Waals surface area contributed by atoms with Crippen molar-refractivity contribution in [2.75, 3.05) is 6.54 Å². The van der Waals surface area contributed by atoms with E-state index in [2.05, 4.69) is 5.32 Å². The van der Waals surface area contributed by atoms with Crippen LogP contribution >= 0.6 is 0 Å². The van der Waals surface area contributed by atoms with Crippen LogP contribution in [-0.2, 0) is 6.42 Å². The first-order valence-electron chi connectivity index (χ1n) is 5.29. The first-order chi connectivity index (χ1) is 7.19. The van der Waals surface area contributed by atoms with Gasteiger partial charge in [0, 0.05) is 0 Å². The third-order valence-corrected chi connectivity index (χ3v) is 2.42. The van der Waals surface area contributed by atoms with E-state index in [1.165, 1.54) is 5.56 Å². The van der Waals surface area contributed by atoms with Crippen LogP contribution in [0.3, 0.4) is 0 Å². The summed E-state index contributed by atoms with van der Waals surface area (Å²) in [5.41, 5.74) is 1.83. The number of benzene rings is 1. The number of aryl methyl sites for hydroxylation is 1. The van der Waals surface area contributed by atoms with Crippen LogP contribution in [0.15, 0.2) is 24.3 Å². The molecule has 3 heteroatoms. The van der Waals surface area contributed by atoms with Gasteiger partial charge in [-0.15, -0.1) is 0 Å². The topological polar surface area (TPSA) is 12.0 Å². The van der Waals surface area contributed by atoms with Gasteiger partial charge in [-0.25, -0.2) is 8.78 Å². The molecule has 15 heavy (non-hydrogen) atoms. The summed E-state index contributed by atoms with van der Waals surface area (Å²) in [4.78, 5) is 0. The molecule has 0 aliphatic rings. The minimum absolute atomic E-state index is 0.546. The highest BCUT2D eigenvalue weighted by Gasteiger charge is 2.20. The van der Waals surface area contributed by atoms with E-state index in [0.29, 0.717) is 12.1 Å². The smallest absolute Gasteiger partial charge is 0.257 e. The molecule has 84 valence electrons. The van der Waals surface area contributed by atoms with Gasteiger partial charge in [0.05, 0.1) is 6.04 Å². The lowest BCUT2D eigenvalue weighted by Crippen LogP contribution is -2.26. The molecule has 1 rings (SSSR count). The molecular weight excluding hydrogens is 196 g/mol. The predicted molar refractivity (Wildman–Crippen MR) is 58.2 cm³/mol. The van der Waals surface area contributed by atoms with Crippen molar-refractivity contribution >= 4 is 0 Å². The van der Waals surface area contributed by atoms with E-state index < -0.39 is 12.5 Å². The maximum atomic E-state index is 12.7. The maximum Gasteiger partial charge on any atom is 0.257 e. The molecule has 0 spiro atoms. The van der Waals surface area contributed by atoms with Crippen molar-refractivity contribution in [1.82, 2.24) is 5.32 Å². The number of halogens is 2. The van der Waals surface area contributed by atoms with Gasteiger partial charge < -0.3 is 5.32 Å². The highest BCUT2D eigenvalue weighted by atomic mass is 19.3. The van der Waals surface area contributed by atoms with Crippen LogP contribution in [0.2, 0.25) is 0 Å². The number of rotatable bonds is 5. The fraction of sp³-hybridized carbons (Fsp3) is 0.500. The molecule has 0 amide bonds. The normalized spacial score (nSPS) is 13.1. The van der Waals surface area contributed by atoms with Gasteiger partial charge >= 0.3 is 0 Å². The minimum Gasteiger partial charge on any atom is -0.306 e. The molecule has 0 saturated heterocycles. The van der Waals surface area contributed by atoms with Gasteiger partial charge in [-0.05, 0) is 24.1 Å². The third kappa shape index (κ3) is 3.27. The van der Waals surface area contributed by atoms with Gasteiger partial charge in [-0.1, -0.05) is 38.1 Å². The van der Waals surface area contributed by atoms with E-state index in [4.69, 9.17) is 0 Å². The summed E-state index contributed by atoms with van der Waals surface area (Å²) < 4.78 is 25.4. The lowest BCUT2D eigenvalue weighted by atomic mass is 10.0. The number of nitrogens with one attached hydrogen (secondary N) is 1. The summed E-state index contributed by atoms with van der Waals surface area (Å²) in [5, 5.41) is 2.79. The zero-order valence-electron chi connectivity index (χ0n) is 9.13. The van der Waals surface area contributed by atoms with E-state index in [1.807, 2.05) is 26.0 Å². The first-order valence-corrected chi connectivity index (χ1v) is 5.29. The lowest BCUT2D eigenvalue weighted by Gasteiger charge is -2.17. The summed E-state index contributed by atoms with van der Waals surface area (Å²) in [6.45, 7) is 4.42. The Hall–Kier alpha value is -0.960. The van der Waals surface area contributed by atoms with Crippen molar-refractivity contribution in [2.45, 2.75) is 32.7 Å². The molecule has 1 aromatic rings. The van der Waals surface area contributed by atoms with Crippen molar-refractivity contribution < 1.29 is 8.78 Å². The minimum atomic E-state index is -2.36. The quantitative estimate of drug-likeness (QED) is 0.792. The van der Waals surface area contributed by atoms with Gasteiger partial charge in [0.25, 0.3) is 6.43 Å². The molecule has 1 atom stereocenters. The summed E-state index contributed by atoms with van der Waals surface area (Å²) in [5.74, 6) is 0. The number of hydrogen-bond acceptors (Lipinski definition) is 1. The molecule has 1 N–H and O–H groups in total. The highest BCUT2D eigenvalue weighted by Crippen LogP contribution is 2.20. The van der Waals surface area contributed by atoms with E-state index in [9.17, 15) is 8.78 Å². The fourth-order valence-corrected chi connectivity index (χ4v) is 1.53. The van der Waals surface area contributed by atoms with Gasteiger partial charge in [0.15, 0.2) is 0 Å². The van der Waals surface area contributed by atoms with E-state index in [-0.39, 0.29) is 0 Å². The Labute approximate surface area is 89.5 Å². The molecule has 0 saturated carbocycles. The van der Waals surface area contributed by atoms with Crippen LogP contribution in [-0.4, -0.2) is 13.0 Å². The lowest BCUT2D eigenvalue weighted by molar-refractivity contribution is 0.0993. The van der Waals surface area contributed by atoms with Crippen LogP contribution in [0.1, 0.15) is 31.0 Å². The second-order valence-electron chi connectivity index (χ2n) is 3.46. The Kier molecular flexibility index (Phi) is 4.69. The van der Waals surface area contributed by atoms with Crippen molar-refractivity contribution in [2.24, 2.45) is 0 Å². The summed E-state index contributed by atoms with van der Waals surface area (Å²) >= 11 is 0. The molecule has 0 aromatic heterocycles. The average Bonchev–Trinajstić information content (AvgIpc) is 2.26. The molecule has 1 unspecified atom stereocenters. The molecule has 0 bridgehead atoms. The van der Waals surface area contributed by atoms with Crippen molar-refractivity contribution in [3.63, 3.8) is 0 Å². The zero-order chi connectivity index (χ0) is 11.3. The van der Waals surface area contributed by atoms with Crippen LogP contribution in [0.25, 0.3) is 0 Å². The van der Waals surface area contributed by atoms with E-state index in [0.717, 1.165) is 6.42 Å². The standard InChI is InChI=1S/C12H17F2N/c1-3-9-5-7-10(8-6-9)11(12(13)14)15-4-2/h5-8,11-12,15H,3-4H2,1-2H3. The molecule has 0 heterocycles. The van der Waals surface area contributed by atoms with Crippen LogP contribution in [0.5, 0.6) is 0 Å². The largest absolute Gasteiger partial charge is 0.306 e. The first kappa shape index (κ1) is 12.1. The molecule has 1 nitrogen and oxygen atoms in total. The molecule has 0 fully saturated rings. The van der Waals surface area contributed by atoms with E-state index >= 15 is 0 Å². The Morgan fingerprint density at radius 2 is 1.73 bits per heavy atom. The monoisotopic (exact) mass is 213 g/mol. The Balaban J connectivity index is 2.81. The summed E-state index contributed by atoms with van der Waals surface area (Å²) in [7, 11) is 0. The molecule has 0 radical (unpaired) electrons. The van der Waals surface area contributed by atoms with Crippen LogP contribution < -0.4 is 5.32 Å². The van der Waals surface area contributed by atoms with E-state index in [1.54, 1.807) is 12.1 Å². The Bertz CT molecular complexity index is 282. The van der Waals surface area contributed by atoms with Crippen molar-refractivity contribution in [3.05, 3.63) is 35.4 Å². The molecular formula is C12H17F2N. The number of hydrogen-bond donors (Lipinski definition) is 1. The van der Waals surface area contributed by atoms with Crippen molar-refractivity contribution in [1.29, 1.82) is 0 Å². The second kappa shape index (κ2) is 5.81. The molecule has 0 aliphatic carbocycles. The van der Waals surface area contributed by atoms with Crippen LogP contribution in [0.4, 0.5) is 8.78 Å². The Morgan fingerprint density at radius 3 is 2.13 bits per heavy atom. The molecule has 1 aromatic carbocycles. The van der Waals surface area contributed by atoms with Gasteiger partial charge in [-0.3, -0.25) is 0 Å². The van der Waals surface area contributed by atoms with Crippen molar-refractivity contribution in [3.8, 4) is 0 Å². The number of alkyl halides is 2. The van der Waals surface area contributed by atoms with Gasteiger partial charge in [-0.2, -0.15) is 0 Å². The fourth-order valence-electron chi connectivity index (χ4n) is 1.53. The second-order valence-corrected chi connectivity index (χ2v) is 3.46. The summed E-state index contributed by atoms with van der Waals surface area (Å²) in [6, 6.07) is 6.52. The SMILES string of the molecule is CCNC(c1ccc(CC)cc1)C(F)F. The third-order valence-electron chi connectivity index (χ3n) is 2.42. The average molecular weight is 213 g/mol. The maximum absolute atomic E-state index is 12.7. The predicted octanol–water partition coefficient (Wildman–Crippen LogP) is 3.16. The van der Waals surface area contributed by atoms with Crippen LogP contribution in [0, 0.1) is 0 Å².